The molecule has 0 bridgehead atoms. The number of rotatable bonds is 4. The van der Waals surface area contributed by atoms with Gasteiger partial charge in [-0.2, -0.15) is 5.10 Å². The highest BCUT2D eigenvalue weighted by Crippen LogP contribution is 2.17. The molecule has 21 heavy (non-hydrogen) atoms. The summed E-state index contributed by atoms with van der Waals surface area (Å²) in [6.07, 6.45) is 1.84. The van der Waals surface area contributed by atoms with Crippen LogP contribution in [-0.4, -0.2) is 36.4 Å². The highest BCUT2D eigenvalue weighted by atomic mass is 15.2. The van der Waals surface area contributed by atoms with Crippen LogP contribution < -0.4 is 15.5 Å². The molecule has 1 aromatic heterocycles. The van der Waals surface area contributed by atoms with E-state index in [2.05, 4.69) is 63.0 Å². The van der Waals surface area contributed by atoms with E-state index in [9.17, 15) is 0 Å². The van der Waals surface area contributed by atoms with Crippen molar-refractivity contribution in [3.05, 3.63) is 47.7 Å². The van der Waals surface area contributed by atoms with E-state index in [-0.39, 0.29) is 0 Å². The number of aryl methyl sites for hydroxylation is 1. The molecule has 3 rings (SSSR count). The molecule has 0 atom stereocenters. The molecular formula is C16H21N5. The number of benzene rings is 1. The lowest BCUT2D eigenvalue weighted by Crippen LogP contribution is -2.43. The Morgan fingerprint density at radius 1 is 1.19 bits per heavy atom. The Bertz CT molecular complexity index is 575. The van der Waals surface area contributed by atoms with Gasteiger partial charge in [-0.25, -0.2) is 0 Å². The fraction of sp³-hybridized carbons (Fsp3) is 0.375. The fourth-order valence-corrected chi connectivity index (χ4v) is 2.44. The van der Waals surface area contributed by atoms with Crippen molar-refractivity contribution < 1.29 is 0 Å². The first-order valence-corrected chi connectivity index (χ1v) is 7.39. The van der Waals surface area contributed by atoms with Crippen LogP contribution >= 0.6 is 0 Å². The molecule has 5 heteroatoms. The number of aromatic nitrogens is 2. The third-order valence-corrected chi connectivity index (χ3v) is 3.72. The van der Waals surface area contributed by atoms with Crippen molar-refractivity contribution in [2.24, 2.45) is 0 Å². The van der Waals surface area contributed by atoms with E-state index in [0.717, 1.165) is 44.2 Å². The second kappa shape index (κ2) is 6.54. The van der Waals surface area contributed by atoms with Crippen LogP contribution in [0.1, 0.15) is 11.1 Å². The fourth-order valence-electron chi connectivity index (χ4n) is 2.44. The minimum atomic E-state index is 0.764. The van der Waals surface area contributed by atoms with Crippen LogP contribution in [0, 0.1) is 6.92 Å². The molecule has 1 fully saturated rings. The summed E-state index contributed by atoms with van der Waals surface area (Å²) < 4.78 is 0. The van der Waals surface area contributed by atoms with Gasteiger partial charge in [0.2, 0.25) is 0 Å². The molecule has 5 nitrogen and oxygen atoms in total. The number of hydrogen-bond acceptors (Lipinski definition) is 5. The summed E-state index contributed by atoms with van der Waals surface area (Å²) in [5.74, 6) is 0.826. The van der Waals surface area contributed by atoms with E-state index in [0.29, 0.717) is 0 Å². The molecule has 0 aliphatic carbocycles. The predicted octanol–water partition coefficient (Wildman–Crippen LogP) is 1.81. The van der Waals surface area contributed by atoms with Gasteiger partial charge in [-0.1, -0.05) is 29.8 Å². The topological polar surface area (TPSA) is 53.1 Å². The quantitative estimate of drug-likeness (QED) is 0.896. The lowest BCUT2D eigenvalue weighted by Gasteiger charge is -2.29. The third-order valence-electron chi connectivity index (χ3n) is 3.72. The van der Waals surface area contributed by atoms with Crippen molar-refractivity contribution in [2.45, 2.75) is 13.5 Å². The van der Waals surface area contributed by atoms with Gasteiger partial charge >= 0.3 is 0 Å². The van der Waals surface area contributed by atoms with Gasteiger partial charge in [0.05, 0.1) is 11.9 Å². The third kappa shape index (κ3) is 3.70. The monoisotopic (exact) mass is 283 g/mol. The van der Waals surface area contributed by atoms with Crippen molar-refractivity contribution in [1.29, 1.82) is 0 Å². The highest BCUT2D eigenvalue weighted by molar-refractivity contribution is 5.52. The minimum Gasteiger partial charge on any atom is -0.368 e. The lowest BCUT2D eigenvalue weighted by molar-refractivity contribution is 0.588. The van der Waals surface area contributed by atoms with Gasteiger partial charge in [-0.15, -0.1) is 5.10 Å². The zero-order chi connectivity index (χ0) is 14.5. The maximum atomic E-state index is 4.16. The van der Waals surface area contributed by atoms with Crippen LogP contribution in [0.5, 0.6) is 0 Å². The van der Waals surface area contributed by atoms with Crippen LogP contribution in [0.4, 0.5) is 11.5 Å². The zero-order valence-electron chi connectivity index (χ0n) is 12.3. The smallest absolute Gasteiger partial charge is 0.150 e. The summed E-state index contributed by atoms with van der Waals surface area (Å²) in [6, 6.07) is 10.6. The summed E-state index contributed by atoms with van der Waals surface area (Å²) >= 11 is 0. The number of nitrogens with zero attached hydrogens (tertiary/aromatic N) is 3. The number of anilines is 2. The summed E-state index contributed by atoms with van der Waals surface area (Å²) in [6.45, 7) is 6.94. The lowest BCUT2D eigenvalue weighted by atomic mass is 10.1. The number of piperazine rings is 1. The Labute approximate surface area is 125 Å². The number of hydrogen-bond donors (Lipinski definition) is 2. The van der Waals surface area contributed by atoms with Crippen LogP contribution in [0.25, 0.3) is 0 Å². The van der Waals surface area contributed by atoms with Crippen LogP contribution in [0.15, 0.2) is 36.5 Å². The Hall–Kier alpha value is -2.14. The summed E-state index contributed by atoms with van der Waals surface area (Å²) in [5.41, 5.74) is 3.66. The summed E-state index contributed by atoms with van der Waals surface area (Å²) in [5, 5.41) is 15.0. The zero-order valence-corrected chi connectivity index (χ0v) is 12.3. The Morgan fingerprint density at radius 2 is 1.95 bits per heavy atom. The second-order valence-corrected chi connectivity index (χ2v) is 5.38. The molecule has 2 heterocycles. The molecule has 0 unspecified atom stereocenters. The first kappa shape index (κ1) is 13.8. The van der Waals surface area contributed by atoms with Gasteiger partial charge in [0.15, 0.2) is 5.82 Å². The second-order valence-electron chi connectivity index (χ2n) is 5.38. The van der Waals surface area contributed by atoms with Gasteiger partial charge in [-0.05, 0) is 12.5 Å². The molecule has 0 spiro atoms. The van der Waals surface area contributed by atoms with Crippen LogP contribution in [0.2, 0.25) is 0 Å². The minimum absolute atomic E-state index is 0.764. The standard InChI is InChI=1S/C16H21N5/c1-13-2-4-14(5-3-13)11-18-16-10-15(12-19-20-16)21-8-6-17-7-9-21/h2-5,10,12,17H,6-9,11H2,1H3,(H,18,20). The van der Waals surface area contributed by atoms with Gasteiger partial charge in [0, 0.05) is 38.8 Å². The largest absolute Gasteiger partial charge is 0.368 e. The Kier molecular flexibility index (Phi) is 4.31. The molecule has 0 radical (unpaired) electrons. The van der Waals surface area contributed by atoms with Gasteiger partial charge in [0.25, 0.3) is 0 Å². The van der Waals surface area contributed by atoms with Crippen LogP contribution in [0.3, 0.4) is 0 Å². The van der Waals surface area contributed by atoms with E-state index < -0.39 is 0 Å². The molecule has 110 valence electrons. The molecule has 2 N–H and O–H groups in total. The molecule has 1 saturated heterocycles. The maximum absolute atomic E-state index is 4.16. The normalized spacial score (nSPS) is 15.0. The molecule has 1 aromatic carbocycles. The molecule has 1 aliphatic rings. The van der Waals surface area contributed by atoms with Crippen molar-refractivity contribution >= 4 is 11.5 Å². The van der Waals surface area contributed by atoms with Gasteiger partial charge in [0.1, 0.15) is 0 Å². The maximum Gasteiger partial charge on any atom is 0.150 e. The van der Waals surface area contributed by atoms with E-state index in [1.165, 1.54) is 11.1 Å². The van der Waals surface area contributed by atoms with Crippen molar-refractivity contribution in [3.8, 4) is 0 Å². The SMILES string of the molecule is Cc1ccc(CNc2cc(N3CCNCC3)cnn2)cc1. The first-order valence-electron chi connectivity index (χ1n) is 7.39. The Balaban J connectivity index is 1.64. The van der Waals surface area contributed by atoms with E-state index in [4.69, 9.17) is 0 Å². The number of nitrogens with one attached hydrogen (secondary N) is 2. The molecule has 0 saturated carbocycles. The summed E-state index contributed by atoms with van der Waals surface area (Å²) in [4.78, 5) is 2.34. The van der Waals surface area contributed by atoms with E-state index >= 15 is 0 Å². The molecular weight excluding hydrogens is 262 g/mol. The highest BCUT2D eigenvalue weighted by Gasteiger charge is 2.11. The average molecular weight is 283 g/mol. The molecule has 2 aromatic rings. The van der Waals surface area contributed by atoms with Crippen molar-refractivity contribution in [2.75, 3.05) is 36.4 Å². The van der Waals surface area contributed by atoms with Gasteiger partial charge < -0.3 is 15.5 Å². The van der Waals surface area contributed by atoms with E-state index in [1.807, 2.05) is 6.20 Å². The predicted molar refractivity (Wildman–Crippen MR) is 85.6 cm³/mol. The Morgan fingerprint density at radius 3 is 2.71 bits per heavy atom. The average Bonchev–Trinajstić information content (AvgIpc) is 2.55. The van der Waals surface area contributed by atoms with Crippen LogP contribution in [-0.2, 0) is 6.54 Å². The van der Waals surface area contributed by atoms with Crippen molar-refractivity contribution in [3.63, 3.8) is 0 Å². The van der Waals surface area contributed by atoms with E-state index in [1.54, 1.807) is 0 Å². The summed E-state index contributed by atoms with van der Waals surface area (Å²) in [7, 11) is 0. The molecule has 0 amide bonds. The van der Waals surface area contributed by atoms with Crippen molar-refractivity contribution in [1.82, 2.24) is 15.5 Å². The van der Waals surface area contributed by atoms with Gasteiger partial charge in [-0.3, -0.25) is 0 Å². The first-order chi connectivity index (χ1) is 10.3. The molecule has 1 aliphatic heterocycles.